The Balaban J connectivity index is 1.73. The monoisotopic (exact) mass is 395 g/mol. The van der Waals surface area contributed by atoms with Crippen molar-refractivity contribution in [3.63, 3.8) is 0 Å². The Kier molecular flexibility index (Phi) is 5.40. The van der Waals surface area contributed by atoms with Crippen LogP contribution in [0.2, 0.25) is 0 Å². The standard InChI is InChI=1S/C22H25N3O4/c26-21(27)23-11-12-25-18(13-23)14-24(22(28)29)15-19(25)20(16-7-3-1-4-8-16)17-9-5-2-6-10-17/h1-10,18-20H,11-15H2,(H,26,27)(H,28,29)/t18-,19-/m0/s1. The van der Waals surface area contributed by atoms with Gasteiger partial charge in [0.25, 0.3) is 0 Å². The Hall–Kier alpha value is -3.06. The van der Waals surface area contributed by atoms with Crippen molar-refractivity contribution in [3.8, 4) is 0 Å². The van der Waals surface area contributed by atoms with E-state index in [0.717, 1.165) is 11.1 Å². The van der Waals surface area contributed by atoms with Crippen molar-refractivity contribution < 1.29 is 19.8 Å². The number of nitrogens with zero attached hydrogens (tertiary/aromatic N) is 3. The number of hydrogen-bond acceptors (Lipinski definition) is 3. The maximum atomic E-state index is 11.9. The first-order valence-corrected chi connectivity index (χ1v) is 9.86. The van der Waals surface area contributed by atoms with Gasteiger partial charge in [-0.05, 0) is 11.1 Å². The van der Waals surface area contributed by atoms with Crippen LogP contribution in [0.15, 0.2) is 60.7 Å². The van der Waals surface area contributed by atoms with E-state index in [0.29, 0.717) is 32.7 Å². The second kappa shape index (κ2) is 8.13. The lowest BCUT2D eigenvalue weighted by Gasteiger charge is -2.52. The van der Waals surface area contributed by atoms with E-state index in [1.165, 1.54) is 9.80 Å². The maximum absolute atomic E-state index is 11.9. The van der Waals surface area contributed by atoms with Crippen molar-refractivity contribution >= 4 is 12.2 Å². The van der Waals surface area contributed by atoms with Gasteiger partial charge >= 0.3 is 12.2 Å². The van der Waals surface area contributed by atoms with Crippen molar-refractivity contribution in [1.82, 2.24) is 14.7 Å². The van der Waals surface area contributed by atoms with Crippen LogP contribution in [-0.4, -0.2) is 81.9 Å². The average Bonchev–Trinajstić information content (AvgIpc) is 2.74. The molecule has 2 N–H and O–H groups in total. The molecule has 2 aromatic rings. The molecule has 4 rings (SSSR count). The van der Waals surface area contributed by atoms with Crippen molar-refractivity contribution in [2.24, 2.45) is 0 Å². The molecule has 2 aliphatic rings. The second-order valence-corrected chi connectivity index (χ2v) is 7.67. The zero-order chi connectivity index (χ0) is 20.4. The summed E-state index contributed by atoms with van der Waals surface area (Å²) < 4.78 is 0. The van der Waals surface area contributed by atoms with Crippen LogP contribution < -0.4 is 0 Å². The predicted molar refractivity (Wildman–Crippen MR) is 108 cm³/mol. The summed E-state index contributed by atoms with van der Waals surface area (Å²) >= 11 is 0. The van der Waals surface area contributed by atoms with Crippen LogP contribution in [0.1, 0.15) is 17.0 Å². The SMILES string of the molecule is O=C(O)N1CCN2[C@@H](C1)CN(C(=O)O)C[C@H]2C(c1ccccc1)c1ccccc1. The van der Waals surface area contributed by atoms with Gasteiger partial charge in [-0.1, -0.05) is 60.7 Å². The summed E-state index contributed by atoms with van der Waals surface area (Å²) in [4.78, 5) is 28.5. The molecule has 2 aliphatic heterocycles. The number of benzene rings is 2. The van der Waals surface area contributed by atoms with Crippen molar-refractivity contribution in [1.29, 1.82) is 0 Å². The predicted octanol–water partition coefficient (Wildman–Crippen LogP) is 2.84. The molecule has 0 bridgehead atoms. The van der Waals surface area contributed by atoms with Gasteiger partial charge in [-0.3, -0.25) is 4.90 Å². The third kappa shape index (κ3) is 3.91. The van der Waals surface area contributed by atoms with E-state index in [1.807, 2.05) is 36.4 Å². The molecule has 0 radical (unpaired) electrons. The lowest BCUT2D eigenvalue weighted by Crippen LogP contribution is -2.68. The smallest absolute Gasteiger partial charge is 0.407 e. The summed E-state index contributed by atoms with van der Waals surface area (Å²) in [5.41, 5.74) is 2.27. The normalized spacial score (nSPS) is 22.4. The molecule has 0 aromatic heterocycles. The number of amides is 2. The minimum absolute atomic E-state index is 0.00146. The Labute approximate surface area is 169 Å². The highest BCUT2D eigenvalue weighted by Crippen LogP contribution is 2.35. The number of carbonyl (C=O) groups is 2. The molecule has 2 fully saturated rings. The second-order valence-electron chi connectivity index (χ2n) is 7.67. The van der Waals surface area contributed by atoms with E-state index >= 15 is 0 Å². The van der Waals surface area contributed by atoms with Crippen LogP contribution in [0.3, 0.4) is 0 Å². The lowest BCUT2D eigenvalue weighted by atomic mass is 9.82. The van der Waals surface area contributed by atoms with E-state index in [4.69, 9.17) is 0 Å². The van der Waals surface area contributed by atoms with Gasteiger partial charge in [-0.2, -0.15) is 0 Å². The highest BCUT2D eigenvalue weighted by Gasteiger charge is 2.44. The first-order chi connectivity index (χ1) is 14.0. The van der Waals surface area contributed by atoms with Crippen molar-refractivity contribution in [2.75, 3.05) is 32.7 Å². The quantitative estimate of drug-likeness (QED) is 0.835. The first kappa shape index (κ1) is 19.3. The number of piperazine rings is 2. The lowest BCUT2D eigenvalue weighted by molar-refractivity contribution is -0.0209. The van der Waals surface area contributed by atoms with Crippen LogP contribution in [-0.2, 0) is 0 Å². The number of rotatable bonds is 3. The van der Waals surface area contributed by atoms with Gasteiger partial charge in [0.05, 0.1) is 0 Å². The van der Waals surface area contributed by atoms with Gasteiger partial charge < -0.3 is 20.0 Å². The maximum Gasteiger partial charge on any atom is 0.407 e. The fourth-order valence-electron chi connectivity index (χ4n) is 4.71. The molecule has 2 amide bonds. The Bertz CT molecular complexity index is 819. The molecule has 29 heavy (non-hydrogen) atoms. The highest BCUT2D eigenvalue weighted by molar-refractivity contribution is 5.66. The van der Waals surface area contributed by atoms with Crippen molar-refractivity contribution in [2.45, 2.75) is 18.0 Å². The molecule has 0 spiro atoms. The van der Waals surface area contributed by atoms with Crippen LogP contribution >= 0.6 is 0 Å². The van der Waals surface area contributed by atoms with Crippen LogP contribution in [0, 0.1) is 0 Å². The molecule has 0 aliphatic carbocycles. The first-order valence-electron chi connectivity index (χ1n) is 9.86. The highest BCUT2D eigenvalue weighted by atomic mass is 16.4. The molecule has 7 heteroatoms. The van der Waals surface area contributed by atoms with Crippen LogP contribution in [0.25, 0.3) is 0 Å². The van der Waals surface area contributed by atoms with Gasteiger partial charge in [0.2, 0.25) is 0 Å². The largest absolute Gasteiger partial charge is 0.465 e. The molecule has 2 heterocycles. The van der Waals surface area contributed by atoms with E-state index < -0.39 is 12.2 Å². The summed E-state index contributed by atoms with van der Waals surface area (Å²) in [7, 11) is 0. The van der Waals surface area contributed by atoms with Gasteiger partial charge in [0, 0.05) is 50.7 Å². The molecule has 2 saturated heterocycles. The number of fused-ring (bicyclic) bond motifs is 1. The van der Waals surface area contributed by atoms with E-state index in [2.05, 4.69) is 29.2 Å². The van der Waals surface area contributed by atoms with Gasteiger partial charge in [0.1, 0.15) is 0 Å². The fourth-order valence-corrected chi connectivity index (χ4v) is 4.71. The Morgan fingerprint density at radius 2 is 1.28 bits per heavy atom. The molecule has 0 saturated carbocycles. The summed E-state index contributed by atoms with van der Waals surface area (Å²) in [5, 5.41) is 19.1. The Morgan fingerprint density at radius 1 is 0.759 bits per heavy atom. The van der Waals surface area contributed by atoms with E-state index in [9.17, 15) is 19.8 Å². The molecule has 2 aromatic carbocycles. The minimum atomic E-state index is -0.957. The average molecular weight is 395 g/mol. The molecule has 2 atom stereocenters. The Morgan fingerprint density at radius 3 is 1.79 bits per heavy atom. The summed E-state index contributed by atoms with van der Waals surface area (Å²) in [6.07, 6.45) is -1.90. The van der Waals surface area contributed by atoms with Crippen molar-refractivity contribution in [3.05, 3.63) is 71.8 Å². The van der Waals surface area contributed by atoms with Crippen LogP contribution in [0.5, 0.6) is 0 Å². The van der Waals surface area contributed by atoms with Crippen LogP contribution in [0.4, 0.5) is 9.59 Å². The zero-order valence-electron chi connectivity index (χ0n) is 16.1. The fraction of sp³-hybridized carbons (Fsp3) is 0.364. The third-order valence-corrected chi connectivity index (χ3v) is 6.04. The molecule has 152 valence electrons. The van der Waals surface area contributed by atoms with E-state index in [-0.39, 0.29) is 18.0 Å². The summed E-state index contributed by atoms with van der Waals surface area (Å²) in [6, 6.07) is 20.1. The van der Waals surface area contributed by atoms with E-state index in [1.54, 1.807) is 0 Å². The number of hydrogen-bond donors (Lipinski definition) is 2. The molecular weight excluding hydrogens is 370 g/mol. The summed E-state index contributed by atoms with van der Waals surface area (Å²) in [5.74, 6) is -0.00146. The molecule has 7 nitrogen and oxygen atoms in total. The minimum Gasteiger partial charge on any atom is -0.465 e. The van der Waals surface area contributed by atoms with Gasteiger partial charge in [-0.15, -0.1) is 0 Å². The summed E-state index contributed by atoms with van der Waals surface area (Å²) in [6.45, 7) is 2.09. The van der Waals surface area contributed by atoms with Gasteiger partial charge in [0.15, 0.2) is 0 Å². The topological polar surface area (TPSA) is 84.3 Å². The van der Waals surface area contributed by atoms with Gasteiger partial charge in [-0.25, -0.2) is 9.59 Å². The molecular formula is C22H25N3O4. The zero-order valence-corrected chi connectivity index (χ0v) is 16.1. The third-order valence-electron chi connectivity index (χ3n) is 6.04. The number of carboxylic acid groups (broad SMARTS) is 2. The molecule has 0 unspecified atom stereocenters.